The number of amides is 1. The molecule has 1 heterocycles. The molecule has 8 heteroatoms. The second-order valence-corrected chi connectivity index (χ2v) is 8.24. The molecule has 0 aliphatic carbocycles. The minimum atomic E-state index is -0.292. The van der Waals surface area contributed by atoms with Crippen LogP contribution in [0.4, 0.5) is 4.39 Å². The van der Waals surface area contributed by atoms with Crippen LogP contribution in [0.2, 0.25) is 0 Å². The Morgan fingerprint density at radius 3 is 2.77 bits per heavy atom. The van der Waals surface area contributed by atoms with Gasteiger partial charge < -0.3 is 4.90 Å². The second-order valence-electron chi connectivity index (χ2n) is 4.62. The zero-order chi connectivity index (χ0) is 16.1. The van der Waals surface area contributed by atoms with E-state index in [0.29, 0.717) is 6.54 Å². The van der Waals surface area contributed by atoms with Crippen molar-refractivity contribution in [3.8, 4) is 0 Å². The Balaban J connectivity index is 1.94. The van der Waals surface area contributed by atoms with Crippen LogP contribution in [0.1, 0.15) is 12.5 Å². The van der Waals surface area contributed by atoms with Crippen LogP contribution in [0.3, 0.4) is 0 Å². The van der Waals surface area contributed by atoms with E-state index < -0.39 is 0 Å². The van der Waals surface area contributed by atoms with Crippen LogP contribution in [0.25, 0.3) is 0 Å². The molecule has 0 spiro atoms. The lowest BCUT2D eigenvalue weighted by Gasteiger charge is -2.20. The van der Waals surface area contributed by atoms with Gasteiger partial charge in [0.05, 0.1) is 5.25 Å². The van der Waals surface area contributed by atoms with E-state index in [1.54, 1.807) is 24.1 Å². The predicted octanol–water partition coefficient (Wildman–Crippen LogP) is 3.54. The van der Waals surface area contributed by atoms with Crippen molar-refractivity contribution in [2.24, 2.45) is 0 Å². The fraction of sp³-hybridized carbons (Fsp3) is 0.357. The average Bonchev–Trinajstić information content (AvgIpc) is 2.94. The van der Waals surface area contributed by atoms with Gasteiger partial charge in [-0.1, -0.05) is 47.0 Å². The van der Waals surface area contributed by atoms with E-state index in [1.165, 1.54) is 47.0 Å². The molecule has 1 aromatic carbocycles. The van der Waals surface area contributed by atoms with Crippen LogP contribution in [0, 0.1) is 5.82 Å². The van der Waals surface area contributed by atoms with E-state index in [4.69, 9.17) is 0 Å². The summed E-state index contributed by atoms with van der Waals surface area (Å²) in [4.78, 5) is 14.0. The Hall–Kier alpha value is -1.12. The molecular weight excluding hydrogens is 341 g/mol. The molecule has 1 aromatic heterocycles. The zero-order valence-electron chi connectivity index (χ0n) is 12.4. The van der Waals surface area contributed by atoms with E-state index in [9.17, 15) is 9.18 Å². The van der Waals surface area contributed by atoms with Gasteiger partial charge in [0.1, 0.15) is 5.82 Å². The maximum atomic E-state index is 13.2. The topological polar surface area (TPSA) is 46.1 Å². The van der Waals surface area contributed by atoms with Gasteiger partial charge in [-0.2, -0.15) is 0 Å². The van der Waals surface area contributed by atoms with E-state index in [2.05, 4.69) is 10.2 Å². The van der Waals surface area contributed by atoms with Crippen LogP contribution in [-0.4, -0.2) is 39.6 Å². The van der Waals surface area contributed by atoms with Gasteiger partial charge in [0, 0.05) is 13.6 Å². The van der Waals surface area contributed by atoms with Gasteiger partial charge in [-0.3, -0.25) is 4.79 Å². The van der Waals surface area contributed by atoms with Gasteiger partial charge in [-0.15, -0.1) is 10.2 Å². The van der Waals surface area contributed by atoms with Crippen molar-refractivity contribution < 1.29 is 9.18 Å². The van der Waals surface area contributed by atoms with Crippen molar-refractivity contribution in [2.45, 2.75) is 27.4 Å². The van der Waals surface area contributed by atoms with Gasteiger partial charge in [0.15, 0.2) is 8.68 Å². The normalized spacial score (nSPS) is 12.2. The van der Waals surface area contributed by atoms with Crippen molar-refractivity contribution in [1.82, 2.24) is 15.1 Å². The molecule has 0 N–H and O–H groups in total. The lowest BCUT2D eigenvalue weighted by molar-refractivity contribution is -0.129. The highest BCUT2D eigenvalue weighted by molar-refractivity contribution is 8.03. The summed E-state index contributed by atoms with van der Waals surface area (Å²) in [5.41, 5.74) is 0.772. The molecule has 0 radical (unpaired) electrons. The fourth-order valence-electron chi connectivity index (χ4n) is 1.83. The lowest BCUT2D eigenvalue weighted by atomic mass is 10.2. The minimum Gasteiger partial charge on any atom is -0.340 e. The molecular formula is C14H16FN3OS3. The number of carbonyl (C=O) groups excluding carboxylic acids is 1. The third kappa shape index (κ3) is 4.69. The molecule has 1 amide bonds. The highest BCUT2D eigenvalue weighted by Gasteiger charge is 2.20. The Labute approximate surface area is 141 Å². The summed E-state index contributed by atoms with van der Waals surface area (Å²) in [6, 6.07) is 6.28. The highest BCUT2D eigenvalue weighted by atomic mass is 32.2. The molecule has 22 heavy (non-hydrogen) atoms. The molecule has 4 nitrogen and oxygen atoms in total. The van der Waals surface area contributed by atoms with Crippen LogP contribution in [0.5, 0.6) is 0 Å². The standard InChI is InChI=1S/C14H16FN3OS3/c1-9(21-14-17-16-13(20-3)22-14)12(19)18(2)8-10-5-4-6-11(15)7-10/h4-7,9H,8H2,1-3H3. The maximum absolute atomic E-state index is 13.2. The van der Waals surface area contributed by atoms with Crippen molar-refractivity contribution in [3.63, 3.8) is 0 Å². The number of aromatic nitrogens is 2. The van der Waals surface area contributed by atoms with Crippen LogP contribution in [0.15, 0.2) is 32.9 Å². The molecule has 1 unspecified atom stereocenters. The SMILES string of the molecule is CSc1nnc(SC(C)C(=O)N(C)Cc2cccc(F)c2)s1. The van der Waals surface area contributed by atoms with E-state index in [-0.39, 0.29) is 17.0 Å². The van der Waals surface area contributed by atoms with Crippen molar-refractivity contribution in [1.29, 1.82) is 0 Å². The largest absolute Gasteiger partial charge is 0.340 e. The van der Waals surface area contributed by atoms with Crippen LogP contribution < -0.4 is 0 Å². The van der Waals surface area contributed by atoms with Crippen LogP contribution >= 0.6 is 34.9 Å². The first-order valence-corrected chi connectivity index (χ1v) is 9.45. The number of nitrogens with zero attached hydrogens (tertiary/aromatic N) is 3. The van der Waals surface area contributed by atoms with Crippen molar-refractivity contribution in [2.75, 3.05) is 13.3 Å². The van der Waals surface area contributed by atoms with Gasteiger partial charge in [0.25, 0.3) is 0 Å². The molecule has 118 valence electrons. The van der Waals surface area contributed by atoms with Gasteiger partial charge in [-0.25, -0.2) is 4.39 Å². The van der Waals surface area contributed by atoms with Crippen molar-refractivity contribution in [3.05, 3.63) is 35.6 Å². The van der Waals surface area contributed by atoms with Crippen molar-refractivity contribution >= 4 is 40.8 Å². The fourth-order valence-corrected chi connectivity index (χ4v) is 4.52. The van der Waals surface area contributed by atoms with Gasteiger partial charge >= 0.3 is 0 Å². The first kappa shape index (κ1) is 17.2. The molecule has 2 aromatic rings. The third-order valence-corrected chi connectivity index (χ3v) is 5.94. The summed E-state index contributed by atoms with van der Waals surface area (Å²) in [5.74, 6) is -0.311. The Bertz CT molecular complexity index is 650. The highest BCUT2D eigenvalue weighted by Crippen LogP contribution is 2.30. The number of rotatable bonds is 6. The van der Waals surface area contributed by atoms with Crippen LogP contribution in [-0.2, 0) is 11.3 Å². The monoisotopic (exact) mass is 357 g/mol. The summed E-state index contributed by atoms with van der Waals surface area (Å²) >= 11 is 4.41. The number of halogens is 1. The molecule has 0 aliphatic heterocycles. The number of hydrogen-bond acceptors (Lipinski definition) is 6. The predicted molar refractivity (Wildman–Crippen MR) is 89.9 cm³/mol. The molecule has 2 rings (SSSR count). The van der Waals surface area contributed by atoms with E-state index in [0.717, 1.165) is 14.2 Å². The first-order valence-electron chi connectivity index (χ1n) is 6.53. The summed E-state index contributed by atoms with van der Waals surface area (Å²) in [6.07, 6.45) is 1.94. The zero-order valence-corrected chi connectivity index (χ0v) is 14.9. The molecule has 0 fully saturated rings. The Kier molecular flexibility index (Phi) is 6.22. The number of hydrogen-bond donors (Lipinski definition) is 0. The number of thioether (sulfide) groups is 2. The van der Waals surface area contributed by atoms with Gasteiger partial charge in [0.2, 0.25) is 5.91 Å². The number of benzene rings is 1. The summed E-state index contributed by atoms with van der Waals surface area (Å²) in [5, 5.41) is 7.81. The Morgan fingerprint density at radius 2 is 2.14 bits per heavy atom. The molecule has 1 atom stereocenters. The third-order valence-electron chi connectivity index (χ3n) is 2.87. The number of carbonyl (C=O) groups is 1. The quantitative estimate of drug-likeness (QED) is 0.740. The second kappa shape index (κ2) is 7.94. The smallest absolute Gasteiger partial charge is 0.235 e. The molecule has 0 bridgehead atoms. The lowest BCUT2D eigenvalue weighted by Crippen LogP contribution is -2.32. The van der Waals surface area contributed by atoms with E-state index >= 15 is 0 Å². The summed E-state index contributed by atoms with van der Waals surface area (Å²) in [7, 11) is 1.72. The minimum absolute atomic E-state index is 0.0184. The Morgan fingerprint density at radius 1 is 1.41 bits per heavy atom. The van der Waals surface area contributed by atoms with Gasteiger partial charge in [-0.05, 0) is 30.9 Å². The van der Waals surface area contributed by atoms with E-state index in [1.807, 2.05) is 13.2 Å². The maximum Gasteiger partial charge on any atom is 0.235 e. The average molecular weight is 358 g/mol. The molecule has 0 aliphatic rings. The first-order chi connectivity index (χ1) is 10.5. The molecule has 0 saturated carbocycles. The summed E-state index contributed by atoms with van der Waals surface area (Å²) in [6.45, 7) is 2.23. The molecule has 0 saturated heterocycles. The summed E-state index contributed by atoms with van der Waals surface area (Å²) < 4.78 is 14.8.